The van der Waals surface area contributed by atoms with Gasteiger partial charge in [0.25, 0.3) is 0 Å². The second-order valence-electron chi connectivity index (χ2n) is 10.3. The first-order chi connectivity index (χ1) is 17.7. The Morgan fingerprint density at radius 2 is 1.59 bits per heavy atom. The molecule has 0 saturated heterocycles. The number of aromatic nitrogens is 1. The number of amides is 2. The number of rotatable bonds is 12. The van der Waals surface area contributed by atoms with E-state index in [1.54, 1.807) is 4.90 Å². The van der Waals surface area contributed by atoms with Crippen LogP contribution in [0.3, 0.4) is 0 Å². The second kappa shape index (κ2) is 13.5. The first kappa shape index (κ1) is 28.5. The van der Waals surface area contributed by atoms with Gasteiger partial charge in [-0.3, -0.25) is 9.59 Å². The standard InChI is InChI=1S/C31H40ClN3O2/c1-6-28(25-13-8-7-9-14-25)31(37)35(24(4)5)22-30(36)34(19-23(2)3)21-27-16-12-18-33(27)20-26-15-10-11-17-29(26)32/h7-18,23-24,28H,6,19-22H2,1-5H3. The molecule has 1 unspecified atom stereocenters. The molecule has 0 fully saturated rings. The van der Waals surface area contributed by atoms with Crippen LogP contribution in [0.2, 0.25) is 5.02 Å². The van der Waals surface area contributed by atoms with Gasteiger partial charge in [-0.25, -0.2) is 0 Å². The van der Waals surface area contributed by atoms with Gasteiger partial charge in [0, 0.05) is 36.0 Å². The SMILES string of the molecule is CCC(C(=O)N(CC(=O)N(Cc1cccn1Cc1ccccc1Cl)CC(C)C)C(C)C)c1ccccc1. The van der Waals surface area contributed by atoms with E-state index in [2.05, 4.69) is 18.4 Å². The topological polar surface area (TPSA) is 45.6 Å². The Hall–Kier alpha value is -3.05. The van der Waals surface area contributed by atoms with Gasteiger partial charge in [0.2, 0.25) is 11.8 Å². The van der Waals surface area contributed by atoms with Gasteiger partial charge in [-0.2, -0.15) is 0 Å². The molecule has 1 atom stereocenters. The van der Waals surface area contributed by atoms with E-state index in [0.717, 1.165) is 21.8 Å². The summed E-state index contributed by atoms with van der Waals surface area (Å²) in [6.07, 6.45) is 2.71. The average Bonchev–Trinajstić information content (AvgIpc) is 3.30. The molecule has 198 valence electrons. The van der Waals surface area contributed by atoms with Crippen molar-refractivity contribution >= 4 is 23.4 Å². The van der Waals surface area contributed by atoms with Crippen molar-refractivity contribution in [2.24, 2.45) is 5.92 Å². The minimum Gasteiger partial charge on any atom is -0.345 e. The molecule has 0 spiro atoms. The van der Waals surface area contributed by atoms with Crippen molar-refractivity contribution in [1.29, 1.82) is 0 Å². The van der Waals surface area contributed by atoms with Crippen LogP contribution >= 0.6 is 11.6 Å². The number of halogens is 1. The Kier molecular flexibility index (Phi) is 10.4. The van der Waals surface area contributed by atoms with Crippen LogP contribution in [-0.2, 0) is 22.7 Å². The Morgan fingerprint density at radius 3 is 2.22 bits per heavy atom. The van der Waals surface area contributed by atoms with Crippen LogP contribution in [0.5, 0.6) is 0 Å². The summed E-state index contributed by atoms with van der Waals surface area (Å²) in [6, 6.07) is 21.6. The summed E-state index contributed by atoms with van der Waals surface area (Å²) in [6.45, 7) is 12.0. The fourth-order valence-electron chi connectivity index (χ4n) is 4.65. The van der Waals surface area contributed by atoms with Crippen LogP contribution in [0.1, 0.15) is 63.8 Å². The molecule has 2 aromatic carbocycles. The van der Waals surface area contributed by atoms with Crippen LogP contribution in [-0.4, -0.2) is 45.3 Å². The smallest absolute Gasteiger partial charge is 0.242 e. The third kappa shape index (κ3) is 7.72. The number of benzene rings is 2. The lowest BCUT2D eigenvalue weighted by Gasteiger charge is -2.33. The summed E-state index contributed by atoms with van der Waals surface area (Å²) in [4.78, 5) is 31.0. The van der Waals surface area contributed by atoms with Crippen molar-refractivity contribution in [3.63, 3.8) is 0 Å². The summed E-state index contributed by atoms with van der Waals surface area (Å²) in [7, 11) is 0. The van der Waals surface area contributed by atoms with E-state index < -0.39 is 0 Å². The molecule has 1 heterocycles. The fraction of sp³-hybridized carbons (Fsp3) is 0.419. The number of carbonyl (C=O) groups excluding carboxylic acids is 2. The molecule has 1 aromatic heterocycles. The van der Waals surface area contributed by atoms with Crippen LogP contribution in [0.25, 0.3) is 0 Å². The predicted molar refractivity (Wildman–Crippen MR) is 152 cm³/mol. The molecule has 37 heavy (non-hydrogen) atoms. The average molecular weight is 522 g/mol. The van der Waals surface area contributed by atoms with E-state index in [-0.39, 0.29) is 30.3 Å². The molecule has 0 N–H and O–H groups in total. The van der Waals surface area contributed by atoms with Gasteiger partial charge in [-0.05, 0) is 55.5 Å². The lowest BCUT2D eigenvalue weighted by molar-refractivity contribution is -0.143. The quantitative estimate of drug-likeness (QED) is 0.269. The lowest BCUT2D eigenvalue weighted by atomic mass is 9.94. The minimum atomic E-state index is -0.261. The molecule has 2 amide bonds. The van der Waals surface area contributed by atoms with Gasteiger partial charge < -0.3 is 14.4 Å². The predicted octanol–water partition coefficient (Wildman–Crippen LogP) is 6.61. The van der Waals surface area contributed by atoms with Crippen LogP contribution in [0.4, 0.5) is 0 Å². The molecule has 0 bridgehead atoms. The van der Waals surface area contributed by atoms with Crippen LogP contribution in [0.15, 0.2) is 72.9 Å². The number of hydrogen-bond acceptors (Lipinski definition) is 2. The Morgan fingerprint density at radius 1 is 0.919 bits per heavy atom. The molecule has 6 heteroatoms. The van der Waals surface area contributed by atoms with Crippen molar-refractivity contribution in [2.45, 2.75) is 66.1 Å². The van der Waals surface area contributed by atoms with Crippen molar-refractivity contribution in [1.82, 2.24) is 14.4 Å². The zero-order valence-electron chi connectivity index (χ0n) is 22.7. The maximum Gasteiger partial charge on any atom is 0.242 e. The third-order valence-corrected chi connectivity index (χ3v) is 7.00. The number of nitrogens with zero attached hydrogens (tertiary/aromatic N) is 3. The zero-order valence-corrected chi connectivity index (χ0v) is 23.5. The van der Waals surface area contributed by atoms with Crippen molar-refractivity contribution in [2.75, 3.05) is 13.1 Å². The third-order valence-electron chi connectivity index (χ3n) is 6.63. The summed E-state index contributed by atoms with van der Waals surface area (Å²) in [5.74, 6) is 0.00226. The van der Waals surface area contributed by atoms with E-state index >= 15 is 0 Å². The van der Waals surface area contributed by atoms with E-state index in [1.807, 2.05) is 98.6 Å². The molecular formula is C31H40ClN3O2. The highest BCUT2D eigenvalue weighted by Crippen LogP contribution is 2.24. The Labute approximate surface area is 227 Å². The summed E-state index contributed by atoms with van der Waals surface area (Å²) in [5, 5.41) is 0.729. The normalized spacial score (nSPS) is 12.1. The van der Waals surface area contributed by atoms with E-state index in [4.69, 9.17) is 11.6 Å². The number of hydrogen-bond donors (Lipinski definition) is 0. The molecule has 0 aliphatic rings. The van der Waals surface area contributed by atoms with Gasteiger partial charge >= 0.3 is 0 Å². The Balaban J connectivity index is 1.79. The maximum absolute atomic E-state index is 13.7. The van der Waals surface area contributed by atoms with Gasteiger partial charge in [0.15, 0.2) is 0 Å². The van der Waals surface area contributed by atoms with Crippen molar-refractivity contribution in [3.8, 4) is 0 Å². The van der Waals surface area contributed by atoms with Crippen LogP contribution in [0, 0.1) is 5.92 Å². The highest BCUT2D eigenvalue weighted by molar-refractivity contribution is 6.31. The summed E-state index contributed by atoms with van der Waals surface area (Å²) in [5.41, 5.74) is 3.06. The van der Waals surface area contributed by atoms with Crippen molar-refractivity contribution < 1.29 is 9.59 Å². The van der Waals surface area contributed by atoms with Gasteiger partial charge in [0.05, 0.1) is 12.5 Å². The maximum atomic E-state index is 13.7. The molecule has 0 aliphatic heterocycles. The molecule has 0 radical (unpaired) electrons. The first-order valence-electron chi connectivity index (χ1n) is 13.2. The van der Waals surface area contributed by atoms with Gasteiger partial charge in [-0.15, -0.1) is 0 Å². The van der Waals surface area contributed by atoms with E-state index in [9.17, 15) is 9.59 Å². The van der Waals surface area contributed by atoms with E-state index in [0.29, 0.717) is 32.0 Å². The monoisotopic (exact) mass is 521 g/mol. The largest absolute Gasteiger partial charge is 0.345 e. The van der Waals surface area contributed by atoms with Gasteiger partial charge in [0.1, 0.15) is 6.54 Å². The molecule has 3 aromatic rings. The minimum absolute atomic E-state index is 0.00337. The molecular weight excluding hydrogens is 482 g/mol. The van der Waals surface area contributed by atoms with Crippen molar-refractivity contribution in [3.05, 3.63) is 94.8 Å². The van der Waals surface area contributed by atoms with Gasteiger partial charge in [-0.1, -0.05) is 80.9 Å². The first-order valence-corrected chi connectivity index (χ1v) is 13.6. The number of carbonyl (C=O) groups is 2. The fourth-order valence-corrected chi connectivity index (χ4v) is 4.84. The summed E-state index contributed by atoms with van der Waals surface area (Å²) >= 11 is 6.40. The second-order valence-corrected chi connectivity index (χ2v) is 10.7. The molecule has 3 rings (SSSR count). The van der Waals surface area contributed by atoms with E-state index in [1.165, 1.54) is 0 Å². The lowest BCUT2D eigenvalue weighted by Crippen LogP contribution is -2.48. The Bertz CT molecular complexity index is 1160. The highest BCUT2D eigenvalue weighted by Gasteiger charge is 2.29. The highest BCUT2D eigenvalue weighted by atomic mass is 35.5. The zero-order chi connectivity index (χ0) is 26.9. The molecule has 5 nitrogen and oxygen atoms in total. The summed E-state index contributed by atoms with van der Waals surface area (Å²) < 4.78 is 2.13. The van der Waals surface area contributed by atoms with Crippen LogP contribution < -0.4 is 0 Å². The molecule has 0 saturated carbocycles. The molecule has 0 aliphatic carbocycles.